The number of hydrogen-bond donors (Lipinski definition) is 1. The highest BCUT2D eigenvalue weighted by Gasteiger charge is 2.72. The van der Waals surface area contributed by atoms with Crippen LogP contribution in [0.15, 0.2) is 24.3 Å². The van der Waals surface area contributed by atoms with Crippen LogP contribution in [0.3, 0.4) is 0 Å². The molecule has 0 aliphatic heterocycles. The Morgan fingerprint density at radius 1 is 1.29 bits per heavy atom. The number of carboxylic acid groups (broad SMARTS) is 1. The zero-order valence-electron chi connectivity index (χ0n) is 9.28. The van der Waals surface area contributed by atoms with Gasteiger partial charge in [-0.05, 0) is 43.5 Å². The fraction of sp³-hybridized carbons (Fsp3) is 0.462. The van der Waals surface area contributed by atoms with Gasteiger partial charge in [0.1, 0.15) is 5.75 Å². The summed E-state index contributed by atoms with van der Waals surface area (Å²) in [6.07, 6.45) is 2.30. The molecule has 3 aliphatic carbocycles. The predicted molar refractivity (Wildman–Crippen MR) is 63.3 cm³/mol. The lowest BCUT2D eigenvalue weighted by atomic mass is 9.35. The molecule has 3 saturated carbocycles. The van der Waals surface area contributed by atoms with Crippen molar-refractivity contribution in [2.24, 2.45) is 10.8 Å². The molecule has 2 bridgehead atoms. The monoisotopic (exact) mass is 252 g/mol. The standard InChI is InChI=1S/C13H13ClO3/c14-9-1-3-10(4-2-9)17-8-12-5-13(6-12,7-12)11(15)16/h1-4H,5-8H2,(H,15,16). The third-order valence-corrected chi connectivity index (χ3v) is 4.20. The first-order chi connectivity index (χ1) is 8.04. The van der Waals surface area contributed by atoms with Gasteiger partial charge in [0.15, 0.2) is 0 Å². The van der Waals surface area contributed by atoms with E-state index in [9.17, 15) is 4.79 Å². The van der Waals surface area contributed by atoms with Gasteiger partial charge < -0.3 is 9.84 Å². The zero-order valence-corrected chi connectivity index (χ0v) is 10.0. The minimum absolute atomic E-state index is 0.123. The van der Waals surface area contributed by atoms with Crippen LogP contribution in [0.5, 0.6) is 5.75 Å². The fourth-order valence-electron chi connectivity index (χ4n) is 3.15. The van der Waals surface area contributed by atoms with Crippen molar-refractivity contribution >= 4 is 17.6 Å². The Labute approximate surface area is 104 Å². The lowest BCUT2D eigenvalue weighted by Crippen LogP contribution is -2.67. The normalized spacial score (nSPS) is 33.5. The van der Waals surface area contributed by atoms with Crippen LogP contribution in [0.4, 0.5) is 0 Å². The molecule has 1 N–H and O–H groups in total. The van der Waals surface area contributed by atoms with Crippen molar-refractivity contribution in [1.29, 1.82) is 0 Å². The van der Waals surface area contributed by atoms with Crippen molar-refractivity contribution in [2.75, 3.05) is 6.61 Å². The molecule has 0 atom stereocenters. The number of hydrogen-bond acceptors (Lipinski definition) is 2. The summed E-state index contributed by atoms with van der Waals surface area (Å²) >= 11 is 5.78. The average molecular weight is 253 g/mol. The second kappa shape index (κ2) is 3.39. The molecule has 3 aliphatic rings. The third kappa shape index (κ3) is 1.61. The zero-order chi connectivity index (χ0) is 12.1. The van der Waals surface area contributed by atoms with Gasteiger partial charge in [-0.25, -0.2) is 0 Å². The number of carboxylic acids is 1. The van der Waals surface area contributed by atoms with Crippen LogP contribution in [0.1, 0.15) is 19.3 Å². The van der Waals surface area contributed by atoms with Gasteiger partial charge in [-0.3, -0.25) is 4.79 Å². The van der Waals surface area contributed by atoms with Gasteiger partial charge in [0.2, 0.25) is 0 Å². The van der Waals surface area contributed by atoms with Crippen LogP contribution in [0, 0.1) is 10.8 Å². The van der Waals surface area contributed by atoms with Gasteiger partial charge in [-0.15, -0.1) is 0 Å². The van der Waals surface area contributed by atoms with E-state index in [1.807, 2.05) is 12.1 Å². The molecule has 3 nitrogen and oxygen atoms in total. The molecule has 90 valence electrons. The topological polar surface area (TPSA) is 46.5 Å². The quantitative estimate of drug-likeness (QED) is 0.896. The SMILES string of the molecule is O=C(O)C12CC(COc3ccc(Cl)cc3)(C1)C2. The smallest absolute Gasteiger partial charge is 0.309 e. The van der Waals surface area contributed by atoms with Crippen molar-refractivity contribution in [3.05, 3.63) is 29.3 Å². The Kier molecular flexibility index (Phi) is 2.17. The Hall–Kier alpha value is -1.22. The molecule has 0 aromatic heterocycles. The molecule has 0 heterocycles. The van der Waals surface area contributed by atoms with Crippen LogP contribution in [0.25, 0.3) is 0 Å². The molecule has 0 radical (unpaired) electrons. The Bertz CT molecular complexity index is 446. The van der Waals surface area contributed by atoms with E-state index in [4.69, 9.17) is 21.4 Å². The summed E-state index contributed by atoms with van der Waals surface area (Å²) in [4.78, 5) is 10.9. The Balaban J connectivity index is 1.55. The summed E-state index contributed by atoms with van der Waals surface area (Å²) in [5.74, 6) is 0.148. The van der Waals surface area contributed by atoms with E-state index in [1.165, 1.54) is 0 Å². The molecule has 3 fully saturated rings. The molecule has 4 heteroatoms. The van der Waals surface area contributed by atoms with Crippen molar-refractivity contribution in [1.82, 2.24) is 0 Å². The van der Waals surface area contributed by atoms with Crippen LogP contribution < -0.4 is 4.74 Å². The fourth-order valence-corrected chi connectivity index (χ4v) is 3.27. The summed E-state index contributed by atoms with van der Waals surface area (Å²) in [5.41, 5.74) is -0.290. The summed E-state index contributed by atoms with van der Waals surface area (Å²) in [5, 5.41) is 9.69. The van der Waals surface area contributed by atoms with Crippen LogP contribution in [0.2, 0.25) is 5.02 Å². The number of halogens is 1. The first kappa shape index (κ1) is 10.9. The van der Waals surface area contributed by atoms with Crippen LogP contribution in [-0.2, 0) is 4.79 Å². The highest BCUT2D eigenvalue weighted by Crippen LogP contribution is 2.73. The van der Waals surface area contributed by atoms with Crippen molar-refractivity contribution in [3.8, 4) is 5.75 Å². The van der Waals surface area contributed by atoms with E-state index in [-0.39, 0.29) is 5.41 Å². The predicted octanol–water partition coefficient (Wildman–Crippen LogP) is 2.97. The Morgan fingerprint density at radius 2 is 1.88 bits per heavy atom. The maximum Gasteiger partial charge on any atom is 0.309 e. The minimum atomic E-state index is -0.647. The number of benzene rings is 1. The van der Waals surface area contributed by atoms with E-state index in [0.29, 0.717) is 11.6 Å². The molecule has 0 unspecified atom stereocenters. The van der Waals surface area contributed by atoms with Gasteiger partial charge in [-0.2, -0.15) is 0 Å². The molecule has 4 rings (SSSR count). The molecule has 0 amide bonds. The molecular weight excluding hydrogens is 240 g/mol. The molecule has 17 heavy (non-hydrogen) atoms. The van der Waals surface area contributed by atoms with Gasteiger partial charge in [0.25, 0.3) is 0 Å². The number of ether oxygens (including phenoxy) is 1. The van der Waals surface area contributed by atoms with Crippen LogP contribution >= 0.6 is 11.6 Å². The summed E-state index contributed by atoms with van der Waals surface area (Å²) in [6.45, 7) is 0.615. The van der Waals surface area contributed by atoms with E-state index < -0.39 is 11.4 Å². The third-order valence-electron chi connectivity index (χ3n) is 3.95. The summed E-state index contributed by atoms with van der Waals surface area (Å²) < 4.78 is 5.68. The molecule has 1 aromatic rings. The van der Waals surface area contributed by atoms with Crippen molar-refractivity contribution in [3.63, 3.8) is 0 Å². The maximum atomic E-state index is 10.9. The highest BCUT2D eigenvalue weighted by atomic mass is 35.5. The first-order valence-corrected chi connectivity index (χ1v) is 6.03. The largest absolute Gasteiger partial charge is 0.493 e. The first-order valence-electron chi connectivity index (χ1n) is 5.66. The second-order valence-electron chi connectivity index (χ2n) is 5.36. The molecule has 0 saturated heterocycles. The van der Waals surface area contributed by atoms with E-state index in [0.717, 1.165) is 25.0 Å². The highest BCUT2D eigenvalue weighted by molar-refractivity contribution is 6.30. The van der Waals surface area contributed by atoms with Gasteiger partial charge in [0, 0.05) is 10.4 Å². The van der Waals surface area contributed by atoms with E-state index in [2.05, 4.69) is 0 Å². The summed E-state index contributed by atoms with van der Waals surface area (Å²) in [7, 11) is 0. The number of carbonyl (C=O) groups is 1. The molecular formula is C13H13ClO3. The molecule has 0 spiro atoms. The van der Waals surface area contributed by atoms with Gasteiger partial charge >= 0.3 is 5.97 Å². The second-order valence-corrected chi connectivity index (χ2v) is 5.79. The number of rotatable bonds is 4. The average Bonchev–Trinajstić information content (AvgIpc) is 2.16. The van der Waals surface area contributed by atoms with Gasteiger partial charge in [0.05, 0.1) is 12.0 Å². The summed E-state index contributed by atoms with van der Waals surface area (Å²) in [6, 6.07) is 7.25. The molecule has 1 aromatic carbocycles. The van der Waals surface area contributed by atoms with Gasteiger partial charge in [-0.1, -0.05) is 11.6 Å². The van der Waals surface area contributed by atoms with E-state index in [1.54, 1.807) is 12.1 Å². The van der Waals surface area contributed by atoms with E-state index >= 15 is 0 Å². The maximum absolute atomic E-state index is 10.9. The number of aliphatic carboxylic acids is 1. The lowest BCUT2D eigenvalue weighted by molar-refractivity contribution is -0.231. The van der Waals surface area contributed by atoms with Crippen molar-refractivity contribution in [2.45, 2.75) is 19.3 Å². The van der Waals surface area contributed by atoms with Crippen LogP contribution in [-0.4, -0.2) is 17.7 Å². The van der Waals surface area contributed by atoms with Crippen molar-refractivity contribution < 1.29 is 14.6 Å². The minimum Gasteiger partial charge on any atom is -0.493 e. The lowest BCUT2D eigenvalue weighted by Gasteiger charge is -2.67. The Morgan fingerprint density at radius 3 is 2.41 bits per heavy atom.